The molecule has 0 aliphatic rings. The summed E-state index contributed by atoms with van der Waals surface area (Å²) in [6.07, 6.45) is 2.90. The molecule has 0 radical (unpaired) electrons. The molecule has 0 unspecified atom stereocenters. The topological polar surface area (TPSA) is 63.6 Å². The van der Waals surface area contributed by atoms with Crippen LogP contribution in [0.2, 0.25) is 0 Å². The van der Waals surface area contributed by atoms with Crippen LogP contribution in [0.1, 0.15) is 13.3 Å². The first-order valence-corrected chi connectivity index (χ1v) is 3.25. The lowest BCUT2D eigenvalue weighted by molar-refractivity contribution is -0.160. The monoisotopic (exact) mass is 168 g/mol. The number of hydrogen-bond acceptors (Lipinski definition) is 3. The van der Waals surface area contributed by atoms with Gasteiger partial charge in [-0.05, 0) is 0 Å². The van der Waals surface area contributed by atoms with Crippen LogP contribution in [0.15, 0.2) is 12.3 Å². The van der Waals surface area contributed by atoms with Gasteiger partial charge in [-0.15, -0.1) is 0 Å². The third-order valence-electron chi connectivity index (χ3n) is 0.780. The highest BCUT2D eigenvalue weighted by atomic mass is 16.6. The molecule has 0 amide bonds. The zero-order chi connectivity index (χ0) is 9.40. The van der Waals surface area contributed by atoms with Crippen LogP contribution < -0.4 is 0 Å². The van der Waals surface area contributed by atoms with Crippen molar-refractivity contribution in [3.05, 3.63) is 12.3 Å². The van der Waals surface area contributed by atoms with Gasteiger partial charge < -0.3 is 9.84 Å². The van der Waals surface area contributed by atoms with Crippen molar-refractivity contribution < 1.29 is 19.4 Å². The van der Waals surface area contributed by atoms with Crippen molar-refractivity contribution in [2.75, 3.05) is 0 Å². The Labute approximate surface area is 69.8 Å². The second-order valence-corrected chi connectivity index (χ2v) is 1.69. The molecule has 4 heteroatoms. The molecule has 0 saturated carbocycles. The Bertz CT molecular complexity index is 254. The number of carboxylic acid groups (broad SMARTS) is 1. The number of hydrogen-bond donors (Lipinski definition) is 1. The average Bonchev–Trinajstić information content (AvgIpc) is 2.03. The van der Waals surface area contributed by atoms with E-state index in [-0.39, 0.29) is 0 Å². The van der Waals surface area contributed by atoms with E-state index in [1.54, 1.807) is 0 Å². The number of ether oxygens (including phenoxy) is 1. The fourth-order valence-electron chi connectivity index (χ4n) is 0.341. The van der Waals surface area contributed by atoms with E-state index in [4.69, 9.17) is 5.11 Å². The summed E-state index contributed by atoms with van der Waals surface area (Å²) in [7, 11) is 0. The summed E-state index contributed by atoms with van der Waals surface area (Å²) in [6.45, 7) is 1.87. The van der Waals surface area contributed by atoms with Gasteiger partial charge in [0, 0.05) is 12.5 Å². The second-order valence-electron chi connectivity index (χ2n) is 1.69. The van der Waals surface area contributed by atoms with E-state index in [9.17, 15) is 9.59 Å². The summed E-state index contributed by atoms with van der Waals surface area (Å²) < 4.78 is 4.13. The molecule has 12 heavy (non-hydrogen) atoms. The maximum atomic E-state index is 10.3. The van der Waals surface area contributed by atoms with Crippen LogP contribution in [0, 0.1) is 11.8 Å². The van der Waals surface area contributed by atoms with Crippen LogP contribution in [-0.2, 0) is 14.3 Å². The number of rotatable bonds is 1. The predicted molar refractivity (Wildman–Crippen MR) is 40.9 cm³/mol. The lowest BCUT2D eigenvalue weighted by atomic mass is 10.5. The Morgan fingerprint density at radius 2 is 2.25 bits per heavy atom. The van der Waals surface area contributed by atoms with Gasteiger partial charge in [0.2, 0.25) is 0 Å². The largest absolute Gasteiger partial charge is 0.473 e. The number of esters is 1. The summed E-state index contributed by atoms with van der Waals surface area (Å²) in [5.41, 5.74) is 0. The zero-order valence-corrected chi connectivity index (χ0v) is 6.53. The third kappa shape index (κ3) is 5.06. The van der Waals surface area contributed by atoms with Gasteiger partial charge in [-0.2, -0.15) is 0 Å². The first kappa shape index (κ1) is 10.2. The Hall–Kier alpha value is -1.76. The Kier molecular flexibility index (Phi) is 5.11. The minimum atomic E-state index is -1.62. The SMILES string of the molecule is CCC#CC=COC(=O)C(=O)O. The maximum absolute atomic E-state index is 10.3. The summed E-state index contributed by atoms with van der Waals surface area (Å²) in [5.74, 6) is 2.27. The van der Waals surface area contributed by atoms with Crippen molar-refractivity contribution in [1.29, 1.82) is 0 Å². The highest BCUT2D eigenvalue weighted by molar-refractivity contribution is 6.28. The lowest BCUT2D eigenvalue weighted by Gasteiger charge is -1.88. The molecule has 0 rings (SSSR count). The standard InChI is InChI=1S/C8H8O4/c1-2-3-4-5-6-12-8(11)7(9)10/h5-6H,2H2,1H3,(H,9,10). The maximum Gasteiger partial charge on any atom is 0.422 e. The van der Waals surface area contributed by atoms with Gasteiger partial charge in [-0.3, -0.25) is 0 Å². The molecule has 0 heterocycles. The van der Waals surface area contributed by atoms with Gasteiger partial charge in [0.15, 0.2) is 0 Å². The fourth-order valence-corrected chi connectivity index (χ4v) is 0.341. The number of allylic oxidation sites excluding steroid dienone is 1. The quantitative estimate of drug-likeness (QED) is 0.268. The minimum absolute atomic E-state index is 0.692. The van der Waals surface area contributed by atoms with Crippen molar-refractivity contribution >= 4 is 11.9 Å². The summed E-state index contributed by atoms with van der Waals surface area (Å²) in [5, 5.41) is 8.04. The number of carbonyl (C=O) groups excluding carboxylic acids is 1. The van der Waals surface area contributed by atoms with Crippen molar-refractivity contribution in [3.8, 4) is 11.8 Å². The molecule has 0 aromatic rings. The average molecular weight is 168 g/mol. The summed E-state index contributed by atoms with van der Waals surface area (Å²) in [4.78, 5) is 20.1. The van der Waals surface area contributed by atoms with E-state index < -0.39 is 11.9 Å². The van der Waals surface area contributed by atoms with Crippen LogP contribution in [0.3, 0.4) is 0 Å². The molecule has 1 N–H and O–H groups in total. The van der Waals surface area contributed by atoms with Crippen LogP contribution in [0.25, 0.3) is 0 Å². The lowest BCUT2D eigenvalue weighted by Crippen LogP contribution is -2.13. The van der Waals surface area contributed by atoms with Gasteiger partial charge in [0.25, 0.3) is 0 Å². The summed E-state index contributed by atoms with van der Waals surface area (Å²) in [6, 6.07) is 0. The molecule has 0 fully saturated rings. The van der Waals surface area contributed by atoms with E-state index in [0.717, 1.165) is 6.26 Å². The number of carboxylic acids is 1. The van der Waals surface area contributed by atoms with Crippen LogP contribution in [0.4, 0.5) is 0 Å². The fraction of sp³-hybridized carbons (Fsp3) is 0.250. The van der Waals surface area contributed by atoms with E-state index in [2.05, 4.69) is 16.6 Å². The van der Waals surface area contributed by atoms with Gasteiger partial charge in [-0.1, -0.05) is 18.8 Å². The molecule has 0 spiro atoms. The molecule has 64 valence electrons. The third-order valence-corrected chi connectivity index (χ3v) is 0.780. The Morgan fingerprint density at radius 1 is 1.58 bits per heavy atom. The van der Waals surface area contributed by atoms with Crippen LogP contribution in [0.5, 0.6) is 0 Å². The molecule has 0 aliphatic carbocycles. The molecule has 4 nitrogen and oxygen atoms in total. The highest BCUT2D eigenvalue weighted by Crippen LogP contribution is 1.80. The van der Waals surface area contributed by atoms with Crippen LogP contribution in [-0.4, -0.2) is 17.0 Å². The molecular weight excluding hydrogens is 160 g/mol. The molecule has 0 aromatic heterocycles. The molecular formula is C8H8O4. The molecule has 0 aliphatic heterocycles. The van der Waals surface area contributed by atoms with Crippen molar-refractivity contribution in [2.45, 2.75) is 13.3 Å². The van der Waals surface area contributed by atoms with E-state index in [1.165, 1.54) is 6.08 Å². The number of carbonyl (C=O) groups is 2. The van der Waals surface area contributed by atoms with E-state index in [0.29, 0.717) is 6.42 Å². The van der Waals surface area contributed by atoms with Crippen molar-refractivity contribution in [2.24, 2.45) is 0 Å². The van der Waals surface area contributed by atoms with Gasteiger partial charge in [0.1, 0.15) is 6.26 Å². The zero-order valence-electron chi connectivity index (χ0n) is 6.53. The first-order chi connectivity index (χ1) is 5.68. The highest BCUT2D eigenvalue weighted by Gasteiger charge is 2.09. The smallest absolute Gasteiger partial charge is 0.422 e. The first-order valence-electron chi connectivity index (χ1n) is 3.25. The number of aliphatic carboxylic acids is 1. The van der Waals surface area contributed by atoms with Gasteiger partial charge in [-0.25, -0.2) is 9.59 Å². The molecule has 0 bridgehead atoms. The molecule has 0 atom stereocenters. The predicted octanol–water partition coefficient (Wildman–Crippen LogP) is 0.541. The minimum Gasteiger partial charge on any atom is -0.473 e. The van der Waals surface area contributed by atoms with E-state index in [1.807, 2.05) is 6.92 Å². The van der Waals surface area contributed by atoms with Crippen molar-refractivity contribution in [1.82, 2.24) is 0 Å². The molecule has 0 aromatic carbocycles. The normalized spacial score (nSPS) is 8.75. The van der Waals surface area contributed by atoms with Gasteiger partial charge >= 0.3 is 11.9 Å². The molecule has 0 saturated heterocycles. The van der Waals surface area contributed by atoms with Gasteiger partial charge in [0.05, 0.1) is 0 Å². The second kappa shape index (κ2) is 5.98. The Balaban J connectivity index is 3.75. The van der Waals surface area contributed by atoms with E-state index >= 15 is 0 Å². The Morgan fingerprint density at radius 3 is 2.75 bits per heavy atom. The van der Waals surface area contributed by atoms with Crippen LogP contribution >= 0.6 is 0 Å². The summed E-state index contributed by atoms with van der Waals surface area (Å²) >= 11 is 0. The van der Waals surface area contributed by atoms with Crippen molar-refractivity contribution in [3.63, 3.8) is 0 Å².